The molecule has 0 spiro atoms. The fourth-order valence-electron chi connectivity index (χ4n) is 1.86. The molecule has 1 aromatic rings. The molecule has 1 aromatic heterocycles. The first-order valence-electron chi connectivity index (χ1n) is 5.79. The Kier molecular flexibility index (Phi) is 2.07. The molecule has 0 N–H and O–H groups in total. The van der Waals surface area contributed by atoms with Crippen LogP contribution in [0, 0.1) is 17.3 Å². The zero-order valence-corrected chi connectivity index (χ0v) is 9.45. The molecule has 0 atom stereocenters. The third kappa shape index (κ3) is 1.74. The molecule has 1 aliphatic heterocycles. The lowest BCUT2D eigenvalue weighted by molar-refractivity contribution is 0.782. The molecule has 2 heterocycles. The summed E-state index contributed by atoms with van der Waals surface area (Å²) >= 11 is 0. The average molecular weight is 210 g/mol. The lowest BCUT2D eigenvalue weighted by atomic mass is 10.0. The zero-order valence-electron chi connectivity index (χ0n) is 9.45. The average Bonchev–Trinajstić information content (AvgIpc) is 3.05. The standard InChI is InChI=1S/C14H14N2/c1-14(6-7-14)5-4-11-9-15-10-13-12(11)3-2-8-16-13/h8-10H,2-3,6-7H2,1H3. The van der Waals surface area contributed by atoms with Crippen LogP contribution in [0.5, 0.6) is 0 Å². The molecule has 0 bridgehead atoms. The molecule has 2 nitrogen and oxygen atoms in total. The Balaban J connectivity index is 2.00. The molecule has 2 aliphatic rings. The lowest BCUT2D eigenvalue weighted by Crippen LogP contribution is -1.98. The van der Waals surface area contributed by atoms with E-state index in [0.29, 0.717) is 0 Å². The van der Waals surface area contributed by atoms with Gasteiger partial charge >= 0.3 is 0 Å². The number of nitrogens with zero attached hydrogens (tertiary/aromatic N) is 2. The fraction of sp³-hybridized carbons (Fsp3) is 0.429. The summed E-state index contributed by atoms with van der Waals surface area (Å²) < 4.78 is 0. The molecule has 1 fully saturated rings. The van der Waals surface area contributed by atoms with Crippen LogP contribution < -0.4 is 0 Å². The molecule has 0 amide bonds. The summed E-state index contributed by atoms with van der Waals surface area (Å²) in [5.74, 6) is 6.65. The van der Waals surface area contributed by atoms with Gasteiger partial charge in [0.15, 0.2) is 0 Å². The van der Waals surface area contributed by atoms with Gasteiger partial charge in [-0.1, -0.05) is 11.8 Å². The molecule has 80 valence electrons. The molecular formula is C14H14N2. The van der Waals surface area contributed by atoms with Crippen molar-refractivity contribution in [3.63, 3.8) is 0 Å². The van der Waals surface area contributed by atoms with Crippen molar-refractivity contribution in [1.82, 2.24) is 4.98 Å². The third-order valence-corrected chi connectivity index (χ3v) is 3.29. The summed E-state index contributed by atoms with van der Waals surface area (Å²) in [5, 5.41) is 0. The number of pyridine rings is 1. The van der Waals surface area contributed by atoms with Gasteiger partial charge in [-0.15, -0.1) is 0 Å². The van der Waals surface area contributed by atoms with E-state index in [1.165, 1.54) is 18.4 Å². The van der Waals surface area contributed by atoms with Crippen molar-refractivity contribution >= 4 is 11.9 Å². The van der Waals surface area contributed by atoms with Crippen molar-refractivity contribution in [3.8, 4) is 11.8 Å². The van der Waals surface area contributed by atoms with Crippen molar-refractivity contribution in [2.75, 3.05) is 0 Å². The molecule has 2 heteroatoms. The highest BCUT2D eigenvalue weighted by Crippen LogP contribution is 2.44. The Morgan fingerprint density at radius 2 is 2.19 bits per heavy atom. The summed E-state index contributed by atoms with van der Waals surface area (Å²) in [6.45, 7) is 2.22. The van der Waals surface area contributed by atoms with E-state index in [1.54, 1.807) is 0 Å². The number of fused-ring (bicyclic) bond motifs is 1. The van der Waals surface area contributed by atoms with E-state index in [2.05, 4.69) is 28.7 Å². The van der Waals surface area contributed by atoms with E-state index in [0.717, 1.165) is 24.1 Å². The van der Waals surface area contributed by atoms with Crippen LogP contribution in [-0.2, 0) is 6.42 Å². The van der Waals surface area contributed by atoms with Crippen LogP contribution in [0.4, 0.5) is 5.69 Å². The van der Waals surface area contributed by atoms with Crippen LogP contribution in [0.15, 0.2) is 17.4 Å². The Labute approximate surface area is 95.8 Å². The van der Waals surface area contributed by atoms with Gasteiger partial charge in [-0.05, 0) is 38.2 Å². The molecule has 1 aliphatic carbocycles. The largest absolute Gasteiger partial charge is 0.261 e. The number of aromatic nitrogens is 1. The SMILES string of the molecule is CC1(C#Cc2cncc3c2CCC=N3)CC1. The second-order valence-electron chi connectivity index (χ2n) is 4.85. The van der Waals surface area contributed by atoms with Gasteiger partial charge in [-0.3, -0.25) is 9.98 Å². The maximum Gasteiger partial charge on any atom is 0.0853 e. The maximum atomic E-state index is 4.36. The molecule has 0 saturated heterocycles. The first kappa shape index (κ1) is 9.59. The highest BCUT2D eigenvalue weighted by molar-refractivity contribution is 5.70. The van der Waals surface area contributed by atoms with Gasteiger partial charge in [0.25, 0.3) is 0 Å². The monoisotopic (exact) mass is 210 g/mol. The van der Waals surface area contributed by atoms with Gasteiger partial charge in [-0.2, -0.15) is 0 Å². The lowest BCUT2D eigenvalue weighted by Gasteiger charge is -2.10. The number of hydrogen-bond acceptors (Lipinski definition) is 2. The van der Waals surface area contributed by atoms with Gasteiger partial charge in [0.2, 0.25) is 0 Å². The topological polar surface area (TPSA) is 25.2 Å². The number of rotatable bonds is 0. The number of aliphatic imine (C=N–C) groups is 1. The Hall–Kier alpha value is -1.62. The van der Waals surface area contributed by atoms with Crippen molar-refractivity contribution in [1.29, 1.82) is 0 Å². The summed E-state index contributed by atoms with van der Waals surface area (Å²) in [5.41, 5.74) is 3.62. The van der Waals surface area contributed by atoms with Crippen molar-refractivity contribution in [3.05, 3.63) is 23.5 Å². The predicted molar refractivity (Wildman–Crippen MR) is 64.9 cm³/mol. The highest BCUT2D eigenvalue weighted by atomic mass is 14.8. The summed E-state index contributed by atoms with van der Waals surface area (Å²) in [7, 11) is 0. The minimum Gasteiger partial charge on any atom is -0.261 e. The smallest absolute Gasteiger partial charge is 0.0853 e. The second kappa shape index (κ2) is 3.45. The molecule has 1 saturated carbocycles. The molecule has 0 unspecified atom stereocenters. The van der Waals surface area contributed by atoms with Crippen molar-refractivity contribution < 1.29 is 0 Å². The van der Waals surface area contributed by atoms with Gasteiger partial charge < -0.3 is 0 Å². The van der Waals surface area contributed by atoms with Crippen LogP contribution in [0.2, 0.25) is 0 Å². The van der Waals surface area contributed by atoms with Gasteiger partial charge in [-0.25, -0.2) is 0 Å². The van der Waals surface area contributed by atoms with Gasteiger partial charge in [0.05, 0.1) is 11.9 Å². The second-order valence-corrected chi connectivity index (χ2v) is 4.85. The van der Waals surface area contributed by atoms with Gasteiger partial charge in [0.1, 0.15) is 0 Å². The zero-order chi connectivity index (χ0) is 11.0. The minimum absolute atomic E-state index is 0.278. The van der Waals surface area contributed by atoms with E-state index < -0.39 is 0 Å². The Morgan fingerprint density at radius 3 is 3.00 bits per heavy atom. The molecule has 3 rings (SSSR count). The van der Waals surface area contributed by atoms with E-state index in [1.807, 2.05) is 18.6 Å². The van der Waals surface area contributed by atoms with Crippen LogP contribution in [-0.4, -0.2) is 11.2 Å². The van der Waals surface area contributed by atoms with Crippen molar-refractivity contribution in [2.45, 2.75) is 32.6 Å². The minimum atomic E-state index is 0.278. The van der Waals surface area contributed by atoms with E-state index in [9.17, 15) is 0 Å². The Bertz CT molecular complexity index is 513. The summed E-state index contributed by atoms with van der Waals surface area (Å²) in [6.07, 6.45) is 10.2. The summed E-state index contributed by atoms with van der Waals surface area (Å²) in [4.78, 5) is 8.56. The van der Waals surface area contributed by atoms with E-state index in [-0.39, 0.29) is 5.41 Å². The van der Waals surface area contributed by atoms with E-state index in [4.69, 9.17) is 0 Å². The maximum absolute atomic E-state index is 4.36. The van der Waals surface area contributed by atoms with Crippen LogP contribution in [0.1, 0.15) is 37.3 Å². The van der Waals surface area contributed by atoms with E-state index >= 15 is 0 Å². The molecule has 0 radical (unpaired) electrons. The predicted octanol–water partition coefficient (Wildman–Crippen LogP) is 2.88. The summed E-state index contributed by atoms with van der Waals surface area (Å²) in [6, 6.07) is 0. The third-order valence-electron chi connectivity index (χ3n) is 3.29. The normalized spacial score (nSPS) is 19.6. The molecule has 0 aromatic carbocycles. The first-order valence-corrected chi connectivity index (χ1v) is 5.79. The fourth-order valence-corrected chi connectivity index (χ4v) is 1.86. The first-order chi connectivity index (χ1) is 7.77. The van der Waals surface area contributed by atoms with Crippen LogP contribution in [0.25, 0.3) is 0 Å². The van der Waals surface area contributed by atoms with Crippen LogP contribution >= 0.6 is 0 Å². The Morgan fingerprint density at radius 1 is 1.31 bits per heavy atom. The molecular weight excluding hydrogens is 196 g/mol. The van der Waals surface area contributed by atoms with Crippen LogP contribution in [0.3, 0.4) is 0 Å². The van der Waals surface area contributed by atoms with Crippen molar-refractivity contribution in [2.24, 2.45) is 10.4 Å². The van der Waals surface area contributed by atoms with Gasteiger partial charge in [0, 0.05) is 23.4 Å². The quantitative estimate of drug-likeness (QED) is 0.604. The molecule has 16 heavy (non-hydrogen) atoms. The number of hydrogen-bond donors (Lipinski definition) is 0. The highest BCUT2D eigenvalue weighted by Gasteiger charge is 2.35.